The largest absolute Gasteiger partial charge is 0.376 e. The number of likely N-dealkylation sites (N-methyl/N-ethyl adjacent to an activating group) is 1. The van der Waals surface area contributed by atoms with E-state index in [1.54, 1.807) is 7.11 Å². The minimum absolute atomic E-state index is 0.178. The molecule has 112 valence electrons. The van der Waals surface area contributed by atoms with Gasteiger partial charge in [-0.2, -0.15) is 0 Å². The number of benzene rings is 1. The van der Waals surface area contributed by atoms with Crippen molar-refractivity contribution in [2.75, 3.05) is 13.7 Å². The Morgan fingerprint density at radius 1 is 1.15 bits per heavy atom. The second-order valence-electron chi connectivity index (χ2n) is 5.52. The van der Waals surface area contributed by atoms with Crippen LogP contribution in [-0.4, -0.2) is 19.3 Å². The summed E-state index contributed by atoms with van der Waals surface area (Å²) in [5.41, 5.74) is 0.266. The fourth-order valence-corrected chi connectivity index (χ4v) is 3.31. The van der Waals surface area contributed by atoms with Crippen LogP contribution in [0.3, 0.4) is 0 Å². The maximum Gasteiger partial charge on any atom is 0.126 e. The van der Waals surface area contributed by atoms with Gasteiger partial charge in [-0.15, -0.1) is 0 Å². The van der Waals surface area contributed by atoms with Gasteiger partial charge in [-0.25, -0.2) is 8.78 Å². The molecule has 1 aliphatic carbocycles. The Labute approximate surface area is 119 Å². The van der Waals surface area contributed by atoms with Crippen LogP contribution in [0.4, 0.5) is 8.78 Å². The number of methoxy groups -OCH3 is 1. The Morgan fingerprint density at radius 2 is 1.75 bits per heavy atom. The summed E-state index contributed by atoms with van der Waals surface area (Å²) >= 11 is 0. The van der Waals surface area contributed by atoms with Gasteiger partial charge >= 0.3 is 0 Å². The van der Waals surface area contributed by atoms with Crippen molar-refractivity contribution in [3.05, 3.63) is 35.4 Å². The molecule has 0 heterocycles. The number of rotatable bonds is 5. The first-order valence-corrected chi connectivity index (χ1v) is 7.36. The Kier molecular flexibility index (Phi) is 5.11. The average Bonchev–Trinajstić information content (AvgIpc) is 2.44. The van der Waals surface area contributed by atoms with E-state index < -0.39 is 11.6 Å². The fourth-order valence-electron chi connectivity index (χ4n) is 3.31. The third kappa shape index (κ3) is 3.18. The minimum atomic E-state index is -0.537. The number of halogens is 2. The first-order valence-electron chi connectivity index (χ1n) is 7.36. The van der Waals surface area contributed by atoms with Crippen molar-refractivity contribution in [2.45, 2.75) is 50.7 Å². The highest BCUT2D eigenvalue weighted by atomic mass is 19.1. The van der Waals surface area contributed by atoms with E-state index in [-0.39, 0.29) is 11.6 Å². The van der Waals surface area contributed by atoms with Crippen LogP contribution in [0.1, 0.15) is 50.6 Å². The zero-order chi connectivity index (χ0) is 14.6. The van der Waals surface area contributed by atoms with E-state index in [0.717, 1.165) is 38.3 Å². The van der Waals surface area contributed by atoms with Crippen molar-refractivity contribution in [1.29, 1.82) is 0 Å². The van der Waals surface area contributed by atoms with Gasteiger partial charge in [0, 0.05) is 13.2 Å². The second-order valence-corrected chi connectivity index (χ2v) is 5.52. The van der Waals surface area contributed by atoms with Gasteiger partial charge in [0.2, 0.25) is 0 Å². The quantitative estimate of drug-likeness (QED) is 0.883. The maximum absolute atomic E-state index is 13.5. The lowest BCUT2D eigenvalue weighted by molar-refractivity contribution is -0.0685. The Bertz CT molecular complexity index is 424. The first kappa shape index (κ1) is 15.4. The number of hydrogen-bond acceptors (Lipinski definition) is 2. The summed E-state index contributed by atoms with van der Waals surface area (Å²) in [5, 5.41) is 3.36. The number of hydrogen-bond donors (Lipinski definition) is 1. The van der Waals surface area contributed by atoms with E-state index in [0.29, 0.717) is 5.56 Å². The highest BCUT2D eigenvalue weighted by Gasteiger charge is 2.40. The zero-order valence-electron chi connectivity index (χ0n) is 12.2. The highest BCUT2D eigenvalue weighted by molar-refractivity contribution is 5.25. The van der Waals surface area contributed by atoms with E-state index in [1.807, 2.05) is 6.92 Å². The molecule has 1 aliphatic rings. The monoisotopic (exact) mass is 283 g/mol. The summed E-state index contributed by atoms with van der Waals surface area (Å²) in [6, 6.07) is 3.55. The smallest absolute Gasteiger partial charge is 0.126 e. The number of ether oxygens (including phenoxy) is 1. The van der Waals surface area contributed by atoms with Crippen molar-refractivity contribution in [3.8, 4) is 0 Å². The molecule has 1 aromatic carbocycles. The standard InChI is InChI=1S/C16H23F2NO/c1-3-19-15(12-9-13(17)11-14(18)10-12)16(20-2)7-5-4-6-8-16/h9-11,15,19H,3-8H2,1-2H3. The van der Waals surface area contributed by atoms with E-state index in [9.17, 15) is 8.78 Å². The Hall–Kier alpha value is -1.00. The van der Waals surface area contributed by atoms with Crippen LogP contribution in [0.2, 0.25) is 0 Å². The molecule has 0 bridgehead atoms. The molecule has 1 atom stereocenters. The van der Waals surface area contributed by atoms with Gasteiger partial charge < -0.3 is 10.1 Å². The van der Waals surface area contributed by atoms with Crippen molar-refractivity contribution in [3.63, 3.8) is 0 Å². The maximum atomic E-state index is 13.5. The summed E-state index contributed by atoms with van der Waals surface area (Å²) in [4.78, 5) is 0. The second kappa shape index (κ2) is 6.64. The van der Waals surface area contributed by atoms with Crippen molar-refractivity contribution in [2.24, 2.45) is 0 Å². The average molecular weight is 283 g/mol. The molecular weight excluding hydrogens is 260 g/mol. The van der Waals surface area contributed by atoms with Gasteiger partial charge in [0.1, 0.15) is 11.6 Å². The lowest BCUT2D eigenvalue weighted by Gasteiger charge is -2.43. The molecule has 4 heteroatoms. The lowest BCUT2D eigenvalue weighted by atomic mass is 9.76. The van der Waals surface area contributed by atoms with Gasteiger partial charge in [-0.3, -0.25) is 0 Å². The van der Waals surface area contributed by atoms with Crippen LogP contribution in [0.15, 0.2) is 18.2 Å². The highest BCUT2D eigenvalue weighted by Crippen LogP contribution is 2.41. The van der Waals surface area contributed by atoms with Gasteiger partial charge in [0.15, 0.2) is 0 Å². The predicted molar refractivity (Wildman–Crippen MR) is 75.6 cm³/mol. The topological polar surface area (TPSA) is 21.3 Å². The molecule has 2 nitrogen and oxygen atoms in total. The SMILES string of the molecule is CCNC(c1cc(F)cc(F)c1)C1(OC)CCCCC1. The summed E-state index contributed by atoms with van der Waals surface area (Å²) in [5.74, 6) is -1.07. The summed E-state index contributed by atoms with van der Waals surface area (Å²) < 4.78 is 32.9. The van der Waals surface area contributed by atoms with Crippen molar-refractivity contribution in [1.82, 2.24) is 5.32 Å². The third-order valence-corrected chi connectivity index (χ3v) is 4.26. The van der Waals surface area contributed by atoms with Crippen LogP contribution in [-0.2, 0) is 4.74 Å². The van der Waals surface area contributed by atoms with E-state index in [2.05, 4.69) is 5.32 Å². The van der Waals surface area contributed by atoms with Gasteiger partial charge in [0.05, 0.1) is 11.6 Å². The predicted octanol–water partition coefficient (Wildman–Crippen LogP) is 3.96. The fraction of sp³-hybridized carbons (Fsp3) is 0.625. The molecule has 0 aliphatic heterocycles. The third-order valence-electron chi connectivity index (χ3n) is 4.26. The minimum Gasteiger partial charge on any atom is -0.376 e. The molecule has 0 spiro atoms. The molecule has 1 unspecified atom stereocenters. The molecule has 0 amide bonds. The Morgan fingerprint density at radius 3 is 2.25 bits per heavy atom. The van der Waals surface area contributed by atoms with E-state index in [4.69, 9.17) is 4.74 Å². The molecule has 0 radical (unpaired) electrons. The van der Waals surface area contributed by atoms with Gasteiger partial charge in [0.25, 0.3) is 0 Å². The van der Waals surface area contributed by atoms with Crippen LogP contribution in [0, 0.1) is 11.6 Å². The molecule has 1 aromatic rings. The lowest BCUT2D eigenvalue weighted by Crippen LogP contribution is -2.47. The van der Waals surface area contributed by atoms with E-state index >= 15 is 0 Å². The van der Waals surface area contributed by atoms with Gasteiger partial charge in [-0.05, 0) is 37.1 Å². The van der Waals surface area contributed by atoms with Crippen LogP contribution >= 0.6 is 0 Å². The summed E-state index contributed by atoms with van der Waals surface area (Å²) in [6.07, 6.45) is 5.21. The molecule has 1 fully saturated rings. The number of nitrogens with one attached hydrogen (secondary N) is 1. The first-order chi connectivity index (χ1) is 9.61. The van der Waals surface area contributed by atoms with Crippen LogP contribution < -0.4 is 5.32 Å². The molecule has 2 rings (SSSR count). The molecule has 20 heavy (non-hydrogen) atoms. The van der Waals surface area contributed by atoms with Gasteiger partial charge in [-0.1, -0.05) is 26.2 Å². The molecule has 0 saturated heterocycles. The summed E-state index contributed by atoms with van der Waals surface area (Å²) in [7, 11) is 1.70. The van der Waals surface area contributed by atoms with Crippen molar-refractivity contribution >= 4 is 0 Å². The normalized spacial score (nSPS) is 19.8. The molecule has 1 N–H and O–H groups in total. The van der Waals surface area contributed by atoms with Crippen LogP contribution in [0.5, 0.6) is 0 Å². The summed E-state index contributed by atoms with van der Waals surface area (Å²) in [6.45, 7) is 2.72. The zero-order valence-corrected chi connectivity index (χ0v) is 12.2. The molecule has 1 saturated carbocycles. The van der Waals surface area contributed by atoms with Crippen molar-refractivity contribution < 1.29 is 13.5 Å². The molecular formula is C16H23F2NO. The van der Waals surface area contributed by atoms with E-state index in [1.165, 1.54) is 18.6 Å². The Balaban J connectivity index is 2.37. The molecule has 0 aromatic heterocycles. The van der Waals surface area contributed by atoms with Crippen LogP contribution in [0.25, 0.3) is 0 Å².